The molecule has 33 heavy (non-hydrogen) atoms. The smallest absolute Gasteiger partial charge is 0.0462 e. The predicted molar refractivity (Wildman–Crippen MR) is 141 cm³/mol. The second kappa shape index (κ2) is 9.18. The number of benzene rings is 5. The van der Waals surface area contributed by atoms with Crippen molar-refractivity contribution in [2.75, 3.05) is 4.90 Å². The molecule has 0 fully saturated rings. The van der Waals surface area contributed by atoms with Crippen molar-refractivity contribution < 1.29 is 0 Å². The van der Waals surface area contributed by atoms with E-state index in [0.29, 0.717) is 0 Å². The molecular weight excluding hydrogens is 398 g/mol. The lowest BCUT2D eigenvalue weighted by Crippen LogP contribution is -2.09. The van der Waals surface area contributed by atoms with Crippen LogP contribution < -0.4 is 4.90 Å². The topological polar surface area (TPSA) is 3.24 Å². The fourth-order valence-corrected chi connectivity index (χ4v) is 4.12. The number of hydrogen-bond donors (Lipinski definition) is 0. The van der Waals surface area contributed by atoms with E-state index in [-0.39, 0.29) is 0 Å². The molecule has 0 atom stereocenters. The minimum Gasteiger partial charge on any atom is -0.311 e. The van der Waals surface area contributed by atoms with Crippen LogP contribution in [0, 0.1) is 13.8 Å². The van der Waals surface area contributed by atoms with Crippen molar-refractivity contribution in [3.05, 3.63) is 139 Å². The Hall–Kier alpha value is -4.10. The highest BCUT2D eigenvalue weighted by atomic mass is 15.1. The summed E-state index contributed by atoms with van der Waals surface area (Å²) < 4.78 is 0. The van der Waals surface area contributed by atoms with E-state index in [9.17, 15) is 0 Å². The van der Waals surface area contributed by atoms with Crippen molar-refractivity contribution in [2.24, 2.45) is 0 Å². The van der Waals surface area contributed by atoms with Crippen LogP contribution in [-0.4, -0.2) is 0 Å². The summed E-state index contributed by atoms with van der Waals surface area (Å²) in [7, 11) is 0. The molecule has 0 unspecified atom stereocenters. The summed E-state index contributed by atoms with van der Waals surface area (Å²) in [5.41, 5.74) is 10.9. The van der Waals surface area contributed by atoms with E-state index < -0.39 is 0 Å². The van der Waals surface area contributed by atoms with Crippen LogP contribution in [0.4, 0.5) is 17.1 Å². The van der Waals surface area contributed by atoms with Gasteiger partial charge in [0.1, 0.15) is 0 Å². The van der Waals surface area contributed by atoms with Gasteiger partial charge in [-0.2, -0.15) is 0 Å². The highest BCUT2D eigenvalue weighted by Crippen LogP contribution is 2.35. The van der Waals surface area contributed by atoms with Gasteiger partial charge in [0.25, 0.3) is 0 Å². The summed E-state index contributed by atoms with van der Waals surface area (Å²) in [6.07, 6.45) is 0. The molecule has 0 aliphatic rings. The van der Waals surface area contributed by atoms with E-state index in [4.69, 9.17) is 0 Å². The van der Waals surface area contributed by atoms with Gasteiger partial charge in [-0.3, -0.25) is 0 Å². The molecule has 0 radical (unpaired) electrons. The molecule has 0 spiro atoms. The molecule has 0 bridgehead atoms. The molecule has 5 aromatic carbocycles. The third-order valence-corrected chi connectivity index (χ3v) is 6.04. The van der Waals surface area contributed by atoms with Crippen LogP contribution in [0.3, 0.4) is 0 Å². The molecule has 1 nitrogen and oxygen atoms in total. The summed E-state index contributed by atoms with van der Waals surface area (Å²) in [5, 5.41) is 0. The molecule has 0 heterocycles. The molecule has 0 amide bonds. The largest absolute Gasteiger partial charge is 0.311 e. The number of aryl methyl sites for hydroxylation is 2. The molecule has 0 aliphatic heterocycles. The van der Waals surface area contributed by atoms with Crippen LogP contribution in [0.15, 0.2) is 127 Å². The molecule has 0 saturated heterocycles. The van der Waals surface area contributed by atoms with Gasteiger partial charge >= 0.3 is 0 Å². The third kappa shape index (κ3) is 4.58. The van der Waals surface area contributed by atoms with Gasteiger partial charge in [0, 0.05) is 17.1 Å². The molecule has 0 N–H and O–H groups in total. The van der Waals surface area contributed by atoms with Gasteiger partial charge in [-0.1, -0.05) is 102 Å². The maximum absolute atomic E-state index is 2.30. The Morgan fingerprint density at radius 1 is 0.333 bits per heavy atom. The summed E-state index contributed by atoms with van der Waals surface area (Å²) in [5.74, 6) is 0. The Morgan fingerprint density at radius 2 is 0.636 bits per heavy atom. The van der Waals surface area contributed by atoms with E-state index in [1.54, 1.807) is 0 Å². The van der Waals surface area contributed by atoms with Gasteiger partial charge in [-0.15, -0.1) is 0 Å². The lowest BCUT2D eigenvalue weighted by molar-refractivity contribution is 1.27. The van der Waals surface area contributed by atoms with E-state index >= 15 is 0 Å². The molecule has 1 heteroatoms. The fraction of sp³-hybridized carbons (Fsp3) is 0.0625. The summed E-state index contributed by atoms with van der Waals surface area (Å²) in [6, 6.07) is 45.5. The first-order chi connectivity index (χ1) is 16.2. The minimum absolute atomic E-state index is 1.14. The number of para-hydroxylation sites is 1. The van der Waals surface area contributed by atoms with Crippen LogP contribution in [0.5, 0.6) is 0 Å². The van der Waals surface area contributed by atoms with Gasteiger partial charge in [0.15, 0.2) is 0 Å². The lowest BCUT2D eigenvalue weighted by atomic mass is 9.99. The van der Waals surface area contributed by atoms with Crippen LogP contribution in [0.25, 0.3) is 22.3 Å². The van der Waals surface area contributed by atoms with Crippen LogP contribution >= 0.6 is 0 Å². The Balaban J connectivity index is 1.45. The van der Waals surface area contributed by atoms with Gasteiger partial charge in [0.05, 0.1) is 0 Å². The van der Waals surface area contributed by atoms with E-state index in [2.05, 4.69) is 146 Å². The Bertz CT molecular complexity index is 1320. The van der Waals surface area contributed by atoms with Gasteiger partial charge < -0.3 is 4.90 Å². The number of anilines is 3. The monoisotopic (exact) mass is 425 g/mol. The predicted octanol–water partition coefficient (Wildman–Crippen LogP) is 9.11. The first kappa shape index (κ1) is 20.8. The van der Waals surface area contributed by atoms with Gasteiger partial charge in [0.2, 0.25) is 0 Å². The lowest BCUT2D eigenvalue weighted by Gasteiger charge is -2.25. The SMILES string of the molecule is Cc1ccc(-c2ccc(-c3ccc(N(c4ccccc4)c4ccc(C)cc4)cc3)cc2)cc1. The summed E-state index contributed by atoms with van der Waals surface area (Å²) >= 11 is 0. The van der Waals surface area contributed by atoms with Crippen molar-refractivity contribution in [3.8, 4) is 22.3 Å². The van der Waals surface area contributed by atoms with Gasteiger partial charge in [-0.25, -0.2) is 0 Å². The third-order valence-electron chi connectivity index (χ3n) is 6.04. The van der Waals surface area contributed by atoms with Crippen molar-refractivity contribution >= 4 is 17.1 Å². The number of nitrogens with zero attached hydrogens (tertiary/aromatic N) is 1. The summed E-state index contributed by atoms with van der Waals surface area (Å²) in [6.45, 7) is 4.24. The standard InChI is InChI=1S/C32H27N/c1-24-8-12-26(13-9-24)27-14-16-28(17-15-27)29-18-22-32(23-19-29)33(30-6-4-3-5-7-30)31-20-10-25(2)11-21-31/h3-23H,1-2H3. The zero-order valence-electron chi connectivity index (χ0n) is 19.1. The second-order valence-electron chi connectivity index (χ2n) is 8.50. The van der Waals surface area contributed by atoms with Crippen LogP contribution in [0.1, 0.15) is 11.1 Å². The van der Waals surface area contributed by atoms with Crippen LogP contribution in [-0.2, 0) is 0 Å². The van der Waals surface area contributed by atoms with E-state index in [1.165, 1.54) is 33.4 Å². The molecule has 5 aromatic rings. The Morgan fingerprint density at radius 3 is 1.09 bits per heavy atom. The first-order valence-electron chi connectivity index (χ1n) is 11.4. The fourth-order valence-electron chi connectivity index (χ4n) is 4.12. The quantitative estimate of drug-likeness (QED) is 0.271. The van der Waals surface area contributed by atoms with E-state index in [0.717, 1.165) is 17.1 Å². The molecular formula is C32H27N. The first-order valence-corrected chi connectivity index (χ1v) is 11.4. The number of hydrogen-bond acceptors (Lipinski definition) is 1. The number of rotatable bonds is 5. The second-order valence-corrected chi connectivity index (χ2v) is 8.50. The van der Waals surface area contributed by atoms with Crippen molar-refractivity contribution in [1.29, 1.82) is 0 Å². The average molecular weight is 426 g/mol. The molecule has 5 rings (SSSR count). The summed E-state index contributed by atoms with van der Waals surface area (Å²) in [4.78, 5) is 2.30. The Labute approximate surface area is 196 Å². The maximum Gasteiger partial charge on any atom is 0.0462 e. The zero-order valence-corrected chi connectivity index (χ0v) is 19.1. The minimum atomic E-state index is 1.14. The normalized spacial score (nSPS) is 10.7. The zero-order chi connectivity index (χ0) is 22.6. The maximum atomic E-state index is 2.30. The molecule has 160 valence electrons. The highest BCUT2D eigenvalue weighted by Gasteiger charge is 2.12. The molecule has 0 saturated carbocycles. The molecule has 0 aromatic heterocycles. The van der Waals surface area contributed by atoms with E-state index in [1.807, 2.05) is 0 Å². The average Bonchev–Trinajstić information content (AvgIpc) is 2.87. The van der Waals surface area contributed by atoms with Crippen LogP contribution in [0.2, 0.25) is 0 Å². The highest BCUT2D eigenvalue weighted by molar-refractivity contribution is 5.78. The molecule has 0 aliphatic carbocycles. The van der Waals surface area contributed by atoms with Crippen molar-refractivity contribution in [2.45, 2.75) is 13.8 Å². The van der Waals surface area contributed by atoms with Crippen molar-refractivity contribution in [1.82, 2.24) is 0 Å². The van der Waals surface area contributed by atoms with Gasteiger partial charge in [-0.05, 0) is 72.5 Å². The van der Waals surface area contributed by atoms with Crippen molar-refractivity contribution in [3.63, 3.8) is 0 Å². The Kier molecular flexibility index (Phi) is 5.78.